The topological polar surface area (TPSA) is 27.7 Å². The highest BCUT2D eigenvalue weighted by Gasteiger charge is 2.16. The van der Waals surface area contributed by atoms with Gasteiger partial charge in [-0.05, 0) is 17.7 Å². The molecule has 0 saturated carbocycles. The standard InChI is InChI=1S/C15H22FN3O/c16-14-11-13(12-18-5-3-17-4-6-18)1-2-15(14)19-7-9-20-10-8-19/h1-2,11,17H,3-10,12H2. The van der Waals surface area contributed by atoms with Crippen LogP contribution in [0, 0.1) is 5.82 Å². The Morgan fingerprint density at radius 3 is 2.55 bits per heavy atom. The van der Waals surface area contributed by atoms with Crippen LogP contribution < -0.4 is 10.2 Å². The molecule has 2 saturated heterocycles. The summed E-state index contributed by atoms with van der Waals surface area (Å²) in [6.07, 6.45) is 0. The van der Waals surface area contributed by atoms with Crippen LogP contribution in [0.5, 0.6) is 0 Å². The van der Waals surface area contributed by atoms with Crippen molar-refractivity contribution in [3.63, 3.8) is 0 Å². The third-order valence-electron chi connectivity index (χ3n) is 3.98. The van der Waals surface area contributed by atoms with Gasteiger partial charge in [0.15, 0.2) is 0 Å². The maximum Gasteiger partial charge on any atom is 0.146 e. The van der Waals surface area contributed by atoms with Gasteiger partial charge >= 0.3 is 0 Å². The highest BCUT2D eigenvalue weighted by Crippen LogP contribution is 2.22. The molecule has 5 heteroatoms. The highest BCUT2D eigenvalue weighted by atomic mass is 19.1. The van der Waals surface area contributed by atoms with Crippen LogP contribution in [-0.2, 0) is 11.3 Å². The number of anilines is 1. The zero-order chi connectivity index (χ0) is 13.8. The fourth-order valence-corrected chi connectivity index (χ4v) is 2.84. The summed E-state index contributed by atoms with van der Waals surface area (Å²) >= 11 is 0. The predicted octanol–water partition coefficient (Wildman–Crippen LogP) is 1.07. The van der Waals surface area contributed by atoms with Gasteiger partial charge in [-0.15, -0.1) is 0 Å². The Hall–Kier alpha value is -1.17. The fourth-order valence-electron chi connectivity index (χ4n) is 2.84. The molecule has 0 atom stereocenters. The summed E-state index contributed by atoms with van der Waals surface area (Å²) in [6.45, 7) is 7.86. The van der Waals surface area contributed by atoms with Gasteiger partial charge in [0, 0.05) is 45.8 Å². The number of hydrogen-bond acceptors (Lipinski definition) is 4. The van der Waals surface area contributed by atoms with Crippen LogP contribution in [0.15, 0.2) is 18.2 Å². The molecule has 2 aliphatic rings. The molecule has 4 nitrogen and oxygen atoms in total. The summed E-state index contributed by atoms with van der Waals surface area (Å²) in [4.78, 5) is 4.42. The quantitative estimate of drug-likeness (QED) is 0.896. The van der Waals surface area contributed by atoms with Crippen molar-refractivity contribution in [3.05, 3.63) is 29.6 Å². The van der Waals surface area contributed by atoms with Crippen LogP contribution in [0.2, 0.25) is 0 Å². The number of ether oxygens (including phenoxy) is 1. The highest BCUT2D eigenvalue weighted by molar-refractivity contribution is 5.49. The first kappa shape index (κ1) is 13.8. The van der Waals surface area contributed by atoms with Crippen LogP contribution >= 0.6 is 0 Å². The molecule has 0 aliphatic carbocycles. The van der Waals surface area contributed by atoms with Crippen molar-refractivity contribution in [1.82, 2.24) is 10.2 Å². The first-order valence-corrected chi connectivity index (χ1v) is 7.37. The molecule has 0 bridgehead atoms. The van der Waals surface area contributed by atoms with E-state index in [0.29, 0.717) is 18.9 Å². The number of benzene rings is 1. The zero-order valence-electron chi connectivity index (χ0n) is 11.8. The number of nitrogens with one attached hydrogen (secondary N) is 1. The van der Waals surface area contributed by atoms with Crippen LogP contribution in [0.1, 0.15) is 5.56 Å². The number of morpholine rings is 1. The van der Waals surface area contributed by atoms with E-state index in [0.717, 1.165) is 51.4 Å². The van der Waals surface area contributed by atoms with Gasteiger partial charge in [0.2, 0.25) is 0 Å². The molecule has 1 N–H and O–H groups in total. The van der Waals surface area contributed by atoms with Crippen LogP contribution in [-0.4, -0.2) is 57.4 Å². The molecule has 1 aromatic rings. The van der Waals surface area contributed by atoms with Crippen LogP contribution in [0.4, 0.5) is 10.1 Å². The minimum absolute atomic E-state index is 0.112. The van der Waals surface area contributed by atoms with Crippen molar-refractivity contribution in [2.24, 2.45) is 0 Å². The van der Waals surface area contributed by atoms with Crippen LogP contribution in [0.3, 0.4) is 0 Å². The molecule has 0 spiro atoms. The molecular formula is C15H22FN3O. The van der Waals surface area contributed by atoms with E-state index in [9.17, 15) is 4.39 Å². The molecule has 0 aromatic heterocycles. The monoisotopic (exact) mass is 279 g/mol. The van der Waals surface area contributed by atoms with Crippen molar-refractivity contribution >= 4 is 5.69 Å². The van der Waals surface area contributed by atoms with Gasteiger partial charge in [0.05, 0.1) is 18.9 Å². The summed E-state index contributed by atoms with van der Waals surface area (Å²) in [5.41, 5.74) is 1.76. The molecule has 1 aromatic carbocycles. The zero-order valence-corrected chi connectivity index (χ0v) is 11.8. The van der Waals surface area contributed by atoms with E-state index in [4.69, 9.17) is 4.74 Å². The number of nitrogens with zero attached hydrogens (tertiary/aromatic N) is 2. The Kier molecular flexibility index (Phi) is 4.50. The fraction of sp³-hybridized carbons (Fsp3) is 0.600. The summed E-state index contributed by atoms with van der Waals surface area (Å²) in [5, 5.41) is 3.33. The lowest BCUT2D eigenvalue weighted by molar-refractivity contribution is 0.122. The number of piperazine rings is 1. The molecule has 2 aliphatic heterocycles. The van der Waals surface area contributed by atoms with Gasteiger partial charge in [0.25, 0.3) is 0 Å². The van der Waals surface area contributed by atoms with Crippen molar-refractivity contribution in [1.29, 1.82) is 0 Å². The van der Waals surface area contributed by atoms with E-state index in [-0.39, 0.29) is 5.82 Å². The van der Waals surface area contributed by atoms with Gasteiger partial charge < -0.3 is 15.0 Å². The summed E-state index contributed by atoms with van der Waals surface area (Å²) in [7, 11) is 0. The molecule has 2 heterocycles. The van der Waals surface area contributed by atoms with E-state index < -0.39 is 0 Å². The van der Waals surface area contributed by atoms with Gasteiger partial charge in [0.1, 0.15) is 5.82 Å². The second kappa shape index (κ2) is 6.52. The average molecular weight is 279 g/mol. The third-order valence-corrected chi connectivity index (χ3v) is 3.98. The summed E-state index contributed by atoms with van der Waals surface area (Å²) < 4.78 is 19.6. The number of rotatable bonds is 3. The number of halogens is 1. The smallest absolute Gasteiger partial charge is 0.146 e. The van der Waals surface area contributed by atoms with Crippen molar-refractivity contribution in [2.45, 2.75) is 6.54 Å². The van der Waals surface area contributed by atoms with E-state index in [1.807, 2.05) is 6.07 Å². The van der Waals surface area contributed by atoms with Crippen molar-refractivity contribution in [3.8, 4) is 0 Å². The van der Waals surface area contributed by atoms with Gasteiger partial charge in [-0.1, -0.05) is 6.07 Å². The maximum absolute atomic E-state index is 14.3. The van der Waals surface area contributed by atoms with Gasteiger partial charge in [-0.2, -0.15) is 0 Å². The lowest BCUT2D eigenvalue weighted by Crippen LogP contribution is -2.42. The molecule has 0 radical (unpaired) electrons. The van der Waals surface area contributed by atoms with E-state index in [1.54, 1.807) is 6.07 Å². The largest absolute Gasteiger partial charge is 0.378 e. The molecule has 3 rings (SSSR count). The van der Waals surface area contributed by atoms with E-state index >= 15 is 0 Å². The molecule has 20 heavy (non-hydrogen) atoms. The van der Waals surface area contributed by atoms with Gasteiger partial charge in [-0.3, -0.25) is 4.90 Å². The van der Waals surface area contributed by atoms with E-state index in [1.165, 1.54) is 0 Å². The average Bonchev–Trinajstić information content (AvgIpc) is 2.49. The second-order valence-corrected chi connectivity index (χ2v) is 5.41. The Bertz CT molecular complexity index is 443. The molecular weight excluding hydrogens is 257 g/mol. The minimum Gasteiger partial charge on any atom is -0.378 e. The molecule has 2 fully saturated rings. The Balaban J connectivity index is 1.66. The van der Waals surface area contributed by atoms with Crippen molar-refractivity contribution in [2.75, 3.05) is 57.4 Å². The maximum atomic E-state index is 14.3. The SMILES string of the molecule is Fc1cc(CN2CCNCC2)ccc1N1CCOCC1. The minimum atomic E-state index is -0.112. The lowest BCUT2D eigenvalue weighted by Gasteiger charge is -2.30. The summed E-state index contributed by atoms with van der Waals surface area (Å²) in [6, 6.07) is 5.65. The molecule has 110 valence electrons. The Labute approximate surface area is 119 Å². The molecule has 0 unspecified atom stereocenters. The summed E-state index contributed by atoms with van der Waals surface area (Å²) in [5.74, 6) is -0.112. The molecule has 0 amide bonds. The third kappa shape index (κ3) is 3.29. The first-order valence-electron chi connectivity index (χ1n) is 7.37. The normalized spacial score (nSPS) is 21.1. The van der Waals surface area contributed by atoms with E-state index in [2.05, 4.69) is 21.2 Å². The second-order valence-electron chi connectivity index (χ2n) is 5.41. The Morgan fingerprint density at radius 2 is 1.85 bits per heavy atom. The Morgan fingerprint density at radius 1 is 1.10 bits per heavy atom. The predicted molar refractivity (Wildman–Crippen MR) is 77.6 cm³/mol. The van der Waals surface area contributed by atoms with Crippen LogP contribution in [0.25, 0.3) is 0 Å². The lowest BCUT2D eigenvalue weighted by atomic mass is 10.1. The first-order chi connectivity index (χ1) is 9.83. The van der Waals surface area contributed by atoms with Crippen molar-refractivity contribution < 1.29 is 9.13 Å². The number of hydrogen-bond donors (Lipinski definition) is 1. The van der Waals surface area contributed by atoms with Gasteiger partial charge in [-0.25, -0.2) is 4.39 Å².